The topological polar surface area (TPSA) is 55.8 Å². The van der Waals surface area contributed by atoms with Gasteiger partial charge in [-0.15, -0.1) is 24.0 Å². The van der Waals surface area contributed by atoms with E-state index in [9.17, 15) is 0 Å². The fraction of sp³-hybridized carbons (Fsp3) is 0.478. The fourth-order valence-corrected chi connectivity index (χ4v) is 3.55. The lowest BCUT2D eigenvalue weighted by Gasteiger charge is -2.26. The van der Waals surface area contributed by atoms with Crippen LogP contribution in [0, 0.1) is 0 Å². The summed E-state index contributed by atoms with van der Waals surface area (Å²) in [6.07, 6.45) is 5.90. The quantitative estimate of drug-likeness (QED) is 0.331. The third-order valence-electron chi connectivity index (χ3n) is 5.29. The Morgan fingerprint density at radius 3 is 2.23 bits per heavy atom. The number of hydrogen-bond donors (Lipinski definition) is 2. The number of benzene rings is 1. The molecule has 1 aromatic heterocycles. The number of anilines is 1. The Balaban J connectivity index is 0.00000320. The number of likely N-dealkylation sites (tertiary alicyclic amines) is 1. The maximum atomic E-state index is 4.36. The molecule has 0 unspecified atom stereocenters. The van der Waals surface area contributed by atoms with Crippen LogP contribution in [0.1, 0.15) is 36.0 Å². The molecule has 0 bridgehead atoms. The van der Waals surface area contributed by atoms with Crippen molar-refractivity contribution in [2.45, 2.75) is 38.9 Å². The highest BCUT2D eigenvalue weighted by Gasteiger charge is 2.10. The highest BCUT2D eigenvalue weighted by molar-refractivity contribution is 14.0. The van der Waals surface area contributed by atoms with E-state index in [2.05, 4.69) is 55.8 Å². The predicted molar refractivity (Wildman–Crippen MR) is 137 cm³/mol. The minimum absolute atomic E-state index is 0. The van der Waals surface area contributed by atoms with Crippen LogP contribution >= 0.6 is 24.0 Å². The molecule has 1 aromatic carbocycles. The van der Waals surface area contributed by atoms with Crippen LogP contribution in [0.25, 0.3) is 0 Å². The van der Waals surface area contributed by atoms with Gasteiger partial charge < -0.3 is 15.5 Å². The lowest BCUT2D eigenvalue weighted by Crippen LogP contribution is -2.36. The molecule has 164 valence electrons. The number of piperidine rings is 1. The summed E-state index contributed by atoms with van der Waals surface area (Å²) in [6, 6.07) is 13.0. The molecule has 1 aliphatic rings. The van der Waals surface area contributed by atoms with Crippen LogP contribution < -0.4 is 15.5 Å². The number of nitrogens with one attached hydrogen (secondary N) is 2. The number of pyridine rings is 1. The Kier molecular flexibility index (Phi) is 10.4. The highest BCUT2D eigenvalue weighted by atomic mass is 127. The Labute approximate surface area is 198 Å². The smallest absolute Gasteiger partial charge is 0.191 e. The number of hydrogen-bond acceptors (Lipinski definition) is 4. The van der Waals surface area contributed by atoms with Crippen LogP contribution in [0.15, 0.2) is 47.6 Å². The van der Waals surface area contributed by atoms with Gasteiger partial charge in [-0.25, -0.2) is 4.98 Å². The van der Waals surface area contributed by atoms with E-state index in [-0.39, 0.29) is 24.0 Å². The number of rotatable bonds is 7. The molecule has 0 spiro atoms. The second-order valence-corrected chi connectivity index (χ2v) is 7.85. The van der Waals surface area contributed by atoms with Crippen molar-refractivity contribution < 1.29 is 0 Å². The van der Waals surface area contributed by atoms with Crippen molar-refractivity contribution in [3.8, 4) is 0 Å². The van der Waals surface area contributed by atoms with Crippen molar-refractivity contribution in [1.82, 2.24) is 20.5 Å². The minimum atomic E-state index is 0. The number of aliphatic imine (C=N–C) groups is 1. The average Bonchev–Trinajstić information content (AvgIpc) is 2.76. The van der Waals surface area contributed by atoms with Gasteiger partial charge in [-0.2, -0.15) is 0 Å². The summed E-state index contributed by atoms with van der Waals surface area (Å²) < 4.78 is 0. The molecule has 1 aliphatic heterocycles. The lowest BCUT2D eigenvalue weighted by molar-refractivity contribution is 0.221. The molecule has 30 heavy (non-hydrogen) atoms. The number of aromatic nitrogens is 1. The second kappa shape index (κ2) is 12.7. The van der Waals surface area contributed by atoms with E-state index >= 15 is 0 Å². The number of halogens is 1. The molecule has 0 amide bonds. The first-order valence-corrected chi connectivity index (χ1v) is 10.5. The second-order valence-electron chi connectivity index (χ2n) is 7.85. The van der Waals surface area contributed by atoms with Gasteiger partial charge in [-0.3, -0.25) is 9.89 Å². The third kappa shape index (κ3) is 7.75. The van der Waals surface area contributed by atoms with Crippen LogP contribution in [0.3, 0.4) is 0 Å². The summed E-state index contributed by atoms with van der Waals surface area (Å²) in [6.45, 7) is 5.00. The van der Waals surface area contributed by atoms with Crippen LogP contribution in [0.5, 0.6) is 0 Å². The van der Waals surface area contributed by atoms with Crippen molar-refractivity contribution in [2.75, 3.05) is 39.1 Å². The summed E-state index contributed by atoms with van der Waals surface area (Å²) in [7, 11) is 5.80. The Hall–Kier alpha value is -1.87. The summed E-state index contributed by atoms with van der Waals surface area (Å²) in [5.74, 6) is 1.75. The van der Waals surface area contributed by atoms with E-state index in [1.807, 2.05) is 31.3 Å². The van der Waals surface area contributed by atoms with Gasteiger partial charge in [0, 0.05) is 47.0 Å². The van der Waals surface area contributed by atoms with E-state index in [0.717, 1.165) is 24.9 Å². The minimum Gasteiger partial charge on any atom is -0.363 e. The Morgan fingerprint density at radius 2 is 1.60 bits per heavy atom. The summed E-state index contributed by atoms with van der Waals surface area (Å²) >= 11 is 0. The number of nitrogens with zero attached hydrogens (tertiary/aromatic N) is 4. The highest BCUT2D eigenvalue weighted by Crippen LogP contribution is 2.14. The van der Waals surface area contributed by atoms with Gasteiger partial charge in [0.15, 0.2) is 5.96 Å². The molecule has 2 aromatic rings. The van der Waals surface area contributed by atoms with Gasteiger partial charge in [-0.1, -0.05) is 30.7 Å². The molecule has 0 saturated carbocycles. The molecular formula is C23H35IN6. The molecule has 3 rings (SSSR count). The Bertz CT molecular complexity index is 785. The van der Waals surface area contributed by atoms with Crippen LogP contribution in [-0.2, 0) is 19.6 Å². The van der Waals surface area contributed by atoms with Gasteiger partial charge in [-0.05, 0) is 54.8 Å². The standard InChI is InChI=1S/C23H34N6.HI/c1-24-23(27-17-21-11-12-25-22(15-21)28(2)3)26-16-19-7-9-20(10-8-19)18-29-13-5-4-6-14-29;/h7-12,15H,4-6,13-14,16-18H2,1-3H3,(H2,24,26,27);1H. The lowest BCUT2D eigenvalue weighted by atomic mass is 10.1. The molecule has 7 heteroatoms. The first-order valence-electron chi connectivity index (χ1n) is 10.5. The monoisotopic (exact) mass is 522 g/mol. The van der Waals surface area contributed by atoms with Gasteiger partial charge >= 0.3 is 0 Å². The van der Waals surface area contributed by atoms with Gasteiger partial charge in [0.2, 0.25) is 0 Å². The molecule has 1 fully saturated rings. The summed E-state index contributed by atoms with van der Waals surface area (Å²) in [4.78, 5) is 13.3. The molecule has 0 aliphatic carbocycles. The molecular weight excluding hydrogens is 487 g/mol. The van der Waals surface area contributed by atoms with Crippen molar-refractivity contribution in [1.29, 1.82) is 0 Å². The third-order valence-corrected chi connectivity index (χ3v) is 5.29. The number of guanidine groups is 1. The van der Waals surface area contributed by atoms with Gasteiger partial charge in [0.1, 0.15) is 5.82 Å². The molecule has 2 N–H and O–H groups in total. The first kappa shape index (κ1) is 24.4. The van der Waals surface area contributed by atoms with E-state index < -0.39 is 0 Å². The SMILES string of the molecule is CN=C(NCc1ccc(CN2CCCCC2)cc1)NCc1ccnc(N(C)C)c1.I. The Morgan fingerprint density at radius 1 is 0.967 bits per heavy atom. The molecule has 6 nitrogen and oxygen atoms in total. The van der Waals surface area contributed by atoms with Crippen molar-refractivity contribution in [3.05, 3.63) is 59.3 Å². The summed E-state index contributed by atoms with van der Waals surface area (Å²) in [5.41, 5.74) is 3.83. The van der Waals surface area contributed by atoms with E-state index in [1.54, 1.807) is 7.05 Å². The van der Waals surface area contributed by atoms with Crippen molar-refractivity contribution in [3.63, 3.8) is 0 Å². The normalized spacial score (nSPS) is 14.7. The molecule has 2 heterocycles. The molecule has 0 atom stereocenters. The van der Waals surface area contributed by atoms with E-state index in [4.69, 9.17) is 0 Å². The van der Waals surface area contributed by atoms with Crippen molar-refractivity contribution >= 4 is 35.8 Å². The summed E-state index contributed by atoms with van der Waals surface area (Å²) in [5, 5.41) is 6.77. The van der Waals surface area contributed by atoms with Crippen LogP contribution in [-0.4, -0.2) is 50.1 Å². The van der Waals surface area contributed by atoms with E-state index in [0.29, 0.717) is 6.54 Å². The maximum Gasteiger partial charge on any atom is 0.191 e. The maximum absolute atomic E-state index is 4.36. The first-order chi connectivity index (χ1) is 14.1. The zero-order valence-electron chi connectivity index (χ0n) is 18.4. The van der Waals surface area contributed by atoms with Crippen LogP contribution in [0.2, 0.25) is 0 Å². The fourth-order valence-electron chi connectivity index (χ4n) is 3.55. The van der Waals surface area contributed by atoms with Gasteiger partial charge in [0.05, 0.1) is 0 Å². The van der Waals surface area contributed by atoms with Crippen molar-refractivity contribution in [2.24, 2.45) is 4.99 Å². The zero-order chi connectivity index (χ0) is 20.5. The molecule has 1 saturated heterocycles. The van der Waals surface area contributed by atoms with Crippen LogP contribution in [0.4, 0.5) is 5.82 Å². The van der Waals surface area contributed by atoms with Gasteiger partial charge in [0.25, 0.3) is 0 Å². The van der Waals surface area contributed by atoms with E-state index in [1.165, 1.54) is 49.0 Å². The largest absolute Gasteiger partial charge is 0.363 e. The average molecular weight is 522 g/mol. The predicted octanol–water partition coefficient (Wildman–Crippen LogP) is 3.62. The zero-order valence-corrected chi connectivity index (χ0v) is 20.7. The molecule has 0 radical (unpaired) electrons.